The van der Waals surface area contributed by atoms with Crippen LogP contribution in [0.15, 0.2) is 12.3 Å². The van der Waals surface area contributed by atoms with E-state index in [2.05, 4.69) is 4.98 Å². The molecule has 1 aromatic rings. The van der Waals surface area contributed by atoms with E-state index in [1.54, 1.807) is 6.07 Å². The van der Waals surface area contributed by atoms with E-state index in [0.717, 1.165) is 11.1 Å². The zero-order chi connectivity index (χ0) is 9.14. The highest BCUT2D eigenvalue weighted by molar-refractivity contribution is 6.54. The SMILES string of the molecule is Bc1cc(BC)c([N+](=O)[O-])cn1. The Labute approximate surface area is 71.8 Å². The van der Waals surface area contributed by atoms with Crippen molar-refractivity contribution in [3.05, 3.63) is 22.4 Å². The van der Waals surface area contributed by atoms with Crippen molar-refractivity contribution in [2.75, 3.05) is 0 Å². The fourth-order valence-corrected chi connectivity index (χ4v) is 1.06. The van der Waals surface area contributed by atoms with Gasteiger partial charge in [-0.05, 0) is 11.1 Å². The van der Waals surface area contributed by atoms with Crippen LogP contribution in [0.3, 0.4) is 0 Å². The average Bonchev–Trinajstić information content (AvgIpc) is 2.03. The van der Waals surface area contributed by atoms with Crippen LogP contribution in [0.2, 0.25) is 6.82 Å². The molecule has 1 aromatic heterocycles. The molecule has 0 aromatic carbocycles. The molecule has 0 aliphatic carbocycles. The molecule has 0 radical (unpaired) electrons. The van der Waals surface area contributed by atoms with Crippen molar-refractivity contribution in [3.63, 3.8) is 0 Å². The second-order valence-corrected chi connectivity index (χ2v) is 2.57. The molecule has 1 rings (SSSR count). The summed E-state index contributed by atoms with van der Waals surface area (Å²) in [5.41, 5.74) is 1.67. The Morgan fingerprint density at radius 1 is 1.75 bits per heavy atom. The van der Waals surface area contributed by atoms with Crippen molar-refractivity contribution in [1.82, 2.24) is 4.98 Å². The van der Waals surface area contributed by atoms with Crippen molar-refractivity contribution in [2.45, 2.75) is 6.82 Å². The zero-order valence-corrected chi connectivity index (χ0v) is 7.07. The van der Waals surface area contributed by atoms with Gasteiger partial charge in [-0.1, -0.05) is 12.9 Å². The van der Waals surface area contributed by atoms with Gasteiger partial charge in [-0.3, -0.25) is 15.1 Å². The standard InChI is InChI=1S/C6H8B2N2O2/c1-8-4-2-6(7)9-3-5(4)10(11)12/h2-3,8H,7H2,1H3. The molecule has 4 nitrogen and oxygen atoms in total. The van der Waals surface area contributed by atoms with Gasteiger partial charge in [0.2, 0.25) is 0 Å². The molecule has 0 aliphatic heterocycles. The number of nitro groups is 1. The molecule has 0 fully saturated rings. The molecule has 0 bridgehead atoms. The summed E-state index contributed by atoms with van der Waals surface area (Å²) in [5, 5.41) is 10.5. The van der Waals surface area contributed by atoms with E-state index >= 15 is 0 Å². The first-order valence-electron chi connectivity index (χ1n) is 3.75. The maximum Gasteiger partial charge on any atom is 0.281 e. The summed E-state index contributed by atoms with van der Waals surface area (Å²) >= 11 is 0. The minimum absolute atomic E-state index is 0.114. The van der Waals surface area contributed by atoms with Crippen LogP contribution in [0.25, 0.3) is 0 Å². The third-order valence-electron chi connectivity index (χ3n) is 1.68. The number of nitrogens with zero attached hydrogens (tertiary/aromatic N) is 2. The first kappa shape index (κ1) is 8.77. The number of aromatic nitrogens is 1. The first-order chi connectivity index (χ1) is 5.65. The van der Waals surface area contributed by atoms with Gasteiger partial charge < -0.3 is 0 Å². The molecule has 1 heterocycles. The first-order valence-corrected chi connectivity index (χ1v) is 3.75. The lowest BCUT2D eigenvalue weighted by atomic mass is 9.72. The Kier molecular flexibility index (Phi) is 2.47. The van der Waals surface area contributed by atoms with Crippen molar-refractivity contribution in [3.8, 4) is 0 Å². The maximum absolute atomic E-state index is 10.5. The highest BCUT2D eigenvalue weighted by Crippen LogP contribution is 2.01. The van der Waals surface area contributed by atoms with Gasteiger partial charge in [0.15, 0.2) is 15.1 Å². The molecule has 0 unspecified atom stereocenters. The van der Waals surface area contributed by atoms with Gasteiger partial charge in [0.05, 0.1) is 4.92 Å². The Morgan fingerprint density at radius 3 is 2.92 bits per heavy atom. The highest BCUT2D eigenvalue weighted by Gasteiger charge is 2.11. The van der Waals surface area contributed by atoms with E-state index in [9.17, 15) is 10.1 Å². The van der Waals surface area contributed by atoms with Crippen molar-refractivity contribution in [1.29, 1.82) is 0 Å². The second-order valence-electron chi connectivity index (χ2n) is 2.57. The molecular weight excluding hydrogens is 154 g/mol. The van der Waals surface area contributed by atoms with E-state index in [1.165, 1.54) is 6.20 Å². The van der Waals surface area contributed by atoms with E-state index in [0.29, 0.717) is 7.28 Å². The molecule has 6 heteroatoms. The van der Waals surface area contributed by atoms with Crippen LogP contribution >= 0.6 is 0 Å². The maximum atomic E-state index is 10.5. The highest BCUT2D eigenvalue weighted by atomic mass is 16.6. The van der Waals surface area contributed by atoms with E-state index in [-0.39, 0.29) is 5.69 Å². The Hall–Kier alpha value is -1.32. The molecular formula is C6H8B2N2O2. The Balaban J connectivity index is 3.20. The fraction of sp³-hybridized carbons (Fsp3) is 0.167. The summed E-state index contributed by atoms with van der Waals surface area (Å²) in [6.45, 7) is 1.89. The van der Waals surface area contributed by atoms with Crippen molar-refractivity contribution >= 4 is 31.9 Å². The zero-order valence-electron chi connectivity index (χ0n) is 7.07. The lowest BCUT2D eigenvalue weighted by molar-refractivity contribution is -0.383. The number of hydrogen-bond donors (Lipinski definition) is 0. The summed E-state index contributed by atoms with van der Waals surface area (Å²) in [7, 11) is 2.49. The van der Waals surface area contributed by atoms with Crippen molar-refractivity contribution in [2.24, 2.45) is 0 Å². The predicted octanol–water partition coefficient (Wildman–Crippen LogP) is -1.64. The lowest BCUT2D eigenvalue weighted by Gasteiger charge is -1.98. The van der Waals surface area contributed by atoms with E-state index in [1.807, 2.05) is 14.7 Å². The molecule has 0 atom stereocenters. The topological polar surface area (TPSA) is 56.0 Å². The van der Waals surface area contributed by atoms with Gasteiger partial charge in [0, 0.05) is 0 Å². The van der Waals surface area contributed by atoms with Crippen LogP contribution < -0.4 is 11.1 Å². The summed E-state index contributed by atoms with van der Waals surface area (Å²) < 4.78 is 0. The summed E-state index contributed by atoms with van der Waals surface area (Å²) in [4.78, 5) is 13.9. The molecule has 0 saturated heterocycles. The third-order valence-corrected chi connectivity index (χ3v) is 1.68. The predicted molar refractivity (Wildman–Crippen MR) is 51.7 cm³/mol. The summed E-state index contributed by atoms with van der Waals surface area (Å²) in [5.74, 6) is 0. The van der Waals surface area contributed by atoms with Crippen LogP contribution in [0, 0.1) is 10.1 Å². The van der Waals surface area contributed by atoms with E-state index < -0.39 is 4.92 Å². The quantitative estimate of drug-likeness (QED) is 0.297. The van der Waals surface area contributed by atoms with Crippen LogP contribution in [0.1, 0.15) is 0 Å². The molecule has 0 saturated carbocycles. The number of rotatable bonds is 2. The Bertz CT molecular complexity index is 316. The van der Waals surface area contributed by atoms with E-state index in [4.69, 9.17) is 0 Å². The minimum Gasteiger partial charge on any atom is -0.265 e. The molecule has 0 spiro atoms. The van der Waals surface area contributed by atoms with Crippen LogP contribution in [0.5, 0.6) is 0 Å². The Morgan fingerprint density at radius 2 is 2.42 bits per heavy atom. The minimum atomic E-state index is -0.398. The van der Waals surface area contributed by atoms with Gasteiger partial charge in [0.25, 0.3) is 5.69 Å². The summed E-state index contributed by atoms with van der Waals surface area (Å²) in [6.07, 6.45) is 1.31. The molecule has 60 valence electrons. The number of pyridine rings is 1. The smallest absolute Gasteiger partial charge is 0.265 e. The fourth-order valence-electron chi connectivity index (χ4n) is 1.06. The van der Waals surface area contributed by atoms with Gasteiger partial charge in [-0.25, -0.2) is 0 Å². The monoisotopic (exact) mass is 162 g/mol. The molecule has 0 aliphatic rings. The molecule has 12 heavy (non-hydrogen) atoms. The van der Waals surface area contributed by atoms with Crippen LogP contribution in [0.4, 0.5) is 5.69 Å². The molecule has 0 amide bonds. The van der Waals surface area contributed by atoms with Crippen LogP contribution in [-0.4, -0.2) is 25.0 Å². The van der Waals surface area contributed by atoms with Crippen molar-refractivity contribution < 1.29 is 4.92 Å². The van der Waals surface area contributed by atoms with Gasteiger partial charge >= 0.3 is 0 Å². The average molecular weight is 162 g/mol. The normalized spacial score (nSPS) is 9.42. The summed E-state index contributed by atoms with van der Waals surface area (Å²) in [6, 6.07) is 1.75. The lowest BCUT2D eigenvalue weighted by Crippen LogP contribution is -2.23. The van der Waals surface area contributed by atoms with Crippen LogP contribution in [-0.2, 0) is 0 Å². The second kappa shape index (κ2) is 3.38. The van der Waals surface area contributed by atoms with Gasteiger partial charge in [-0.15, -0.1) is 0 Å². The third kappa shape index (κ3) is 1.64. The number of hydrogen-bond acceptors (Lipinski definition) is 3. The van der Waals surface area contributed by atoms with Gasteiger partial charge in [0.1, 0.15) is 6.20 Å². The molecule has 0 N–H and O–H groups in total. The van der Waals surface area contributed by atoms with Gasteiger partial charge in [-0.2, -0.15) is 0 Å². The largest absolute Gasteiger partial charge is 0.281 e.